The summed E-state index contributed by atoms with van der Waals surface area (Å²) >= 11 is 0. The lowest BCUT2D eigenvalue weighted by Gasteiger charge is -2.27. The molecule has 1 aromatic carbocycles. The summed E-state index contributed by atoms with van der Waals surface area (Å²) in [6, 6.07) is 8.80. The maximum absolute atomic E-state index is 10.8. The zero-order valence-electron chi connectivity index (χ0n) is 11.1. The number of benzene rings is 1. The third kappa shape index (κ3) is 2.24. The van der Waals surface area contributed by atoms with Gasteiger partial charge in [-0.25, -0.2) is 0 Å². The van der Waals surface area contributed by atoms with Gasteiger partial charge >= 0.3 is 5.97 Å². The highest BCUT2D eigenvalue weighted by Crippen LogP contribution is 2.25. The quantitative estimate of drug-likeness (QED) is 0.917. The Hall–Kier alpha value is -1.81. The first kappa shape index (κ1) is 12.2. The molecule has 0 unspecified atom stereocenters. The summed E-state index contributed by atoms with van der Waals surface area (Å²) in [5.74, 6) is -0.752. The summed E-state index contributed by atoms with van der Waals surface area (Å²) in [5.41, 5.74) is 3.83. The van der Waals surface area contributed by atoms with E-state index in [1.807, 2.05) is 4.90 Å². The lowest BCUT2D eigenvalue weighted by Crippen LogP contribution is -2.36. The number of aromatic nitrogens is 1. The zero-order chi connectivity index (χ0) is 13.4. The minimum Gasteiger partial charge on any atom is -0.480 e. The molecule has 3 rings (SSSR count). The van der Waals surface area contributed by atoms with Gasteiger partial charge in [-0.1, -0.05) is 13.0 Å². The predicted octanol–water partition coefficient (Wildman–Crippen LogP) is 2.10. The SMILES string of the molecule is CCc1ccc2c(c1)cc1n2CCN(CC(=O)O)C1. The van der Waals surface area contributed by atoms with E-state index >= 15 is 0 Å². The van der Waals surface area contributed by atoms with Gasteiger partial charge < -0.3 is 9.67 Å². The Bertz CT molecular complexity index is 630. The van der Waals surface area contributed by atoms with Crippen molar-refractivity contribution in [1.82, 2.24) is 9.47 Å². The number of carbonyl (C=O) groups is 1. The number of fused-ring (bicyclic) bond motifs is 3. The summed E-state index contributed by atoms with van der Waals surface area (Å²) in [6.07, 6.45) is 1.04. The second kappa shape index (κ2) is 4.70. The first-order valence-corrected chi connectivity index (χ1v) is 6.72. The molecule has 2 aromatic rings. The first-order chi connectivity index (χ1) is 9.17. The average Bonchev–Trinajstić information content (AvgIpc) is 2.74. The number of carboxylic acid groups (broad SMARTS) is 1. The highest BCUT2D eigenvalue weighted by Gasteiger charge is 2.19. The predicted molar refractivity (Wildman–Crippen MR) is 74.2 cm³/mol. The maximum atomic E-state index is 10.8. The van der Waals surface area contributed by atoms with E-state index in [0.717, 1.165) is 26.1 Å². The highest BCUT2D eigenvalue weighted by atomic mass is 16.4. The molecule has 0 saturated carbocycles. The second-order valence-corrected chi connectivity index (χ2v) is 5.14. The summed E-state index contributed by atoms with van der Waals surface area (Å²) in [5, 5.41) is 10.1. The van der Waals surface area contributed by atoms with Gasteiger partial charge in [-0.3, -0.25) is 9.69 Å². The van der Waals surface area contributed by atoms with Crippen LogP contribution in [0.25, 0.3) is 10.9 Å². The Kier molecular flexibility index (Phi) is 3.03. The van der Waals surface area contributed by atoms with E-state index in [1.54, 1.807) is 0 Å². The van der Waals surface area contributed by atoms with E-state index in [-0.39, 0.29) is 6.54 Å². The van der Waals surface area contributed by atoms with Gasteiger partial charge in [0.1, 0.15) is 0 Å². The van der Waals surface area contributed by atoms with Gasteiger partial charge in [0.25, 0.3) is 0 Å². The van der Waals surface area contributed by atoms with Gasteiger partial charge in [-0.05, 0) is 30.2 Å². The van der Waals surface area contributed by atoms with Crippen molar-refractivity contribution in [3.8, 4) is 0 Å². The molecule has 4 nitrogen and oxygen atoms in total. The van der Waals surface area contributed by atoms with E-state index in [1.165, 1.54) is 22.2 Å². The van der Waals surface area contributed by atoms with Crippen molar-refractivity contribution in [1.29, 1.82) is 0 Å². The molecule has 0 saturated heterocycles. The molecule has 0 fully saturated rings. The molecule has 1 aliphatic rings. The normalized spacial score (nSPS) is 15.6. The van der Waals surface area contributed by atoms with Crippen LogP contribution in [0, 0.1) is 0 Å². The molecule has 0 atom stereocenters. The highest BCUT2D eigenvalue weighted by molar-refractivity contribution is 5.82. The molecule has 1 aliphatic heterocycles. The topological polar surface area (TPSA) is 45.5 Å². The van der Waals surface area contributed by atoms with Crippen LogP contribution < -0.4 is 0 Å². The molecule has 0 amide bonds. The summed E-state index contributed by atoms with van der Waals surface area (Å²) in [4.78, 5) is 12.8. The number of aryl methyl sites for hydroxylation is 1. The number of aliphatic carboxylic acids is 1. The molecule has 2 heterocycles. The van der Waals surface area contributed by atoms with Crippen molar-refractivity contribution < 1.29 is 9.90 Å². The Balaban J connectivity index is 1.95. The summed E-state index contributed by atoms with van der Waals surface area (Å²) in [7, 11) is 0. The average molecular weight is 258 g/mol. The fourth-order valence-electron chi connectivity index (χ4n) is 2.87. The molecular weight excluding hydrogens is 240 g/mol. The molecule has 4 heteroatoms. The molecule has 0 aliphatic carbocycles. The van der Waals surface area contributed by atoms with Gasteiger partial charge in [0.15, 0.2) is 0 Å². The fraction of sp³-hybridized carbons (Fsp3) is 0.400. The number of hydrogen-bond acceptors (Lipinski definition) is 2. The van der Waals surface area contributed by atoms with Crippen molar-refractivity contribution in [2.45, 2.75) is 26.4 Å². The first-order valence-electron chi connectivity index (χ1n) is 6.72. The molecule has 0 spiro atoms. The van der Waals surface area contributed by atoms with Crippen molar-refractivity contribution in [3.63, 3.8) is 0 Å². The van der Waals surface area contributed by atoms with Crippen LogP contribution in [0.1, 0.15) is 18.2 Å². The van der Waals surface area contributed by atoms with Gasteiger partial charge in [-0.2, -0.15) is 0 Å². The fourth-order valence-corrected chi connectivity index (χ4v) is 2.87. The zero-order valence-corrected chi connectivity index (χ0v) is 11.1. The lowest BCUT2D eigenvalue weighted by atomic mass is 10.1. The van der Waals surface area contributed by atoms with E-state index in [9.17, 15) is 4.79 Å². The van der Waals surface area contributed by atoms with E-state index < -0.39 is 5.97 Å². The largest absolute Gasteiger partial charge is 0.480 e. The van der Waals surface area contributed by atoms with Crippen LogP contribution in [0.5, 0.6) is 0 Å². The van der Waals surface area contributed by atoms with Crippen LogP contribution in [-0.4, -0.2) is 33.6 Å². The smallest absolute Gasteiger partial charge is 0.317 e. The number of nitrogens with zero attached hydrogens (tertiary/aromatic N) is 2. The van der Waals surface area contributed by atoms with Crippen LogP contribution in [0.3, 0.4) is 0 Å². The minimum absolute atomic E-state index is 0.127. The molecule has 100 valence electrons. The minimum atomic E-state index is -0.752. The van der Waals surface area contributed by atoms with Crippen LogP contribution in [0.2, 0.25) is 0 Å². The van der Waals surface area contributed by atoms with Crippen LogP contribution in [0.15, 0.2) is 24.3 Å². The van der Waals surface area contributed by atoms with Gasteiger partial charge in [0.2, 0.25) is 0 Å². The number of rotatable bonds is 3. The molecule has 1 N–H and O–H groups in total. The van der Waals surface area contributed by atoms with Crippen molar-refractivity contribution in [2.75, 3.05) is 13.1 Å². The second-order valence-electron chi connectivity index (χ2n) is 5.14. The molecular formula is C15H18N2O2. The monoisotopic (exact) mass is 258 g/mol. The Morgan fingerprint density at radius 3 is 2.89 bits per heavy atom. The number of carboxylic acids is 1. The van der Waals surface area contributed by atoms with Crippen LogP contribution in [0.4, 0.5) is 0 Å². The standard InChI is InChI=1S/C15H18N2O2/c1-2-11-3-4-14-12(7-11)8-13-9-16(10-15(18)19)5-6-17(13)14/h3-4,7-8H,2,5-6,9-10H2,1H3,(H,18,19). The Morgan fingerprint density at radius 1 is 1.32 bits per heavy atom. The van der Waals surface area contributed by atoms with Crippen LogP contribution in [-0.2, 0) is 24.3 Å². The molecule has 19 heavy (non-hydrogen) atoms. The van der Waals surface area contributed by atoms with Crippen molar-refractivity contribution in [2.24, 2.45) is 0 Å². The van der Waals surface area contributed by atoms with E-state index in [4.69, 9.17) is 5.11 Å². The maximum Gasteiger partial charge on any atom is 0.317 e. The Morgan fingerprint density at radius 2 is 2.16 bits per heavy atom. The third-order valence-corrected chi connectivity index (χ3v) is 3.84. The molecule has 0 radical (unpaired) electrons. The lowest BCUT2D eigenvalue weighted by molar-refractivity contribution is -0.138. The van der Waals surface area contributed by atoms with Gasteiger partial charge in [0.05, 0.1) is 6.54 Å². The van der Waals surface area contributed by atoms with E-state index in [0.29, 0.717) is 0 Å². The summed E-state index contributed by atoms with van der Waals surface area (Å²) in [6.45, 7) is 4.69. The third-order valence-electron chi connectivity index (χ3n) is 3.84. The van der Waals surface area contributed by atoms with Gasteiger partial charge in [-0.15, -0.1) is 0 Å². The molecule has 1 aromatic heterocycles. The Labute approximate surface area is 112 Å². The van der Waals surface area contributed by atoms with Crippen LogP contribution >= 0.6 is 0 Å². The van der Waals surface area contributed by atoms with Crippen molar-refractivity contribution in [3.05, 3.63) is 35.5 Å². The summed E-state index contributed by atoms with van der Waals surface area (Å²) < 4.78 is 2.31. The van der Waals surface area contributed by atoms with Gasteiger partial charge in [0, 0.05) is 36.2 Å². The van der Waals surface area contributed by atoms with Crippen molar-refractivity contribution >= 4 is 16.9 Å². The number of hydrogen-bond donors (Lipinski definition) is 1. The molecule has 0 bridgehead atoms. The van der Waals surface area contributed by atoms with E-state index in [2.05, 4.69) is 35.8 Å².